The maximum absolute atomic E-state index is 5.65. The fraction of sp³-hybridized carbons (Fsp3) is 0.632. The number of quaternary nitrogens is 1. The molecule has 4 heteroatoms. The molecule has 0 saturated carbocycles. The molecule has 3 nitrogen and oxygen atoms in total. The second-order valence-electron chi connectivity index (χ2n) is 6.65. The van der Waals surface area contributed by atoms with Crippen LogP contribution < -0.4 is 10.2 Å². The first-order valence-corrected chi connectivity index (χ1v) is 9.52. The lowest BCUT2D eigenvalue weighted by Gasteiger charge is -2.36. The number of unbranched alkanes of at least 4 members (excludes halogenated alkanes) is 1. The van der Waals surface area contributed by atoms with Crippen LogP contribution >= 0.6 is 12.2 Å². The molecule has 128 valence electrons. The van der Waals surface area contributed by atoms with Crippen LogP contribution in [-0.2, 0) is 6.42 Å². The molecule has 1 unspecified atom stereocenters. The van der Waals surface area contributed by atoms with E-state index in [0.717, 1.165) is 36.4 Å². The molecule has 2 rings (SSSR count). The van der Waals surface area contributed by atoms with E-state index >= 15 is 0 Å². The number of nitrogens with one attached hydrogen (secondary N) is 2. The zero-order valence-corrected chi connectivity index (χ0v) is 15.7. The van der Waals surface area contributed by atoms with Gasteiger partial charge in [-0.15, -0.1) is 0 Å². The fourth-order valence-electron chi connectivity index (χ4n) is 3.38. The molecule has 0 aromatic heterocycles. The molecule has 1 aliphatic heterocycles. The molecule has 0 aliphatic carbocycles. The summed E-state index contributed by atoms with van der Waals surface area (Å²) in [5.41, 5.74) is 2.49. The molecule has 1 aromatic carbocycles. The van der Waals surface area contributed by atoms with Gasteiger partial charge in [0.25, 0.3) is 0 Å². The number of aryl methyl sites for hydroxylation is 1. The predicted octanol–water partition coefficient (Wildman–Crippen LogP) is 2.73. The topological polar surface area (TPSA) is 19.7 Å². The third kappa shape index (κ3) is 5.18. The Morgan fingerprint density at radius 2 is 1.96 bits per heavy atom. The van der Waals surface area contributed by atoms with E-state index in [0.29, 0.717) is 0 Å². The maximum atomic E-state index is 5.65. The molecule has 1 aromatic rings. The molecule has 1 aliphatic rings. The first-order chi connectivity index (χ1) is 11.2. The minimum absolute atomic E-state index is 0.795. The van der Waals surface area contributed by atoms with Crippen molar-refractivity contribution in [3.63, 3.8) is 0 Å². The zero-order valence-electron chi connectivity index (χ0n) is 14.9. The fourth-order valence-corrected chi connectivity index (χ4v) is 3.67. The number of rotatable bonds is 6. The first kappa shape index (κ1) is 18.2. The number of hydrogen-bond acceptors (Lipinski definition) is 1. The number of piperidine rings is 1. The number of para-hydroxylation sites is 1. The van der Waals surface area contributed by atoms with Gasteiger partial charge in [0, 0.05) is 31.6 Å². The lowest BCUT2D eigenvalue weighted by atomic mass is 10.0. The molecule has 1 saturated heterocycles. The van der Waals surface area contributed by atoms with E-state index in [-0.39, 0.29) is 0 Å². The van der Waals surface area contributed by atoms with Gasteiger partial charge in [0.05, 0.1) is 19.6 Å². The Morgan fingerprint density at radius 1 is 1.26 bits per heavy atom. The van der Waals surface area contributed by atoms with Crippen LogP contribution in [0.25, 0.3) is 0 Å². The Kier molecular flexibility index (Phi) is 7.31. The second-order valence-corrected chi connectivity index (χ2v) is 7.04. The van der Waals surface area contributed by atoms with Gasteiger partial charge in [-0.25, -0.2) is 0 Å². The van der Waals surface area contributed by atoms with Crippen molar-refractivity contribution in [1.29, 1.82) is 0 Å². The number of benzene rings is 1. The summed E-state index contributed by atoms with van der Waals surface area (Å²) in [4.78, 5) is 4.03. The van der Waals surface area contributed by atoms with Crippen molar-refractivity contribution in [2.75, 3.05) is 32.0 Å². The normalized spacial score (nSPS) is 17.1. The van der Waals surface area contributed by atoms with Crippen LogP contribution in [0.5, 0.6) is 0 Å². The summed E-state index contributed by atoms with van der Waals surface area (Å²) in [5.74, 6) is 0. The highest BCUT2D eigenvalue weighted by molar-refractivity contribution is 7.80. The van der Waals surface area contributed by atoms with Crippen LogP contribution in [0, 0.1) is 0 Å². The molecular formula is C19H32N3S+. The summed E-state index contributed by atoms with van der Waals surface area (Å²) in [5, 5.41) is 4.34. The van der Waals surface area contributed by atoms with E-state index in [1.807, 2.05) is 0 Å². The average molecular weight is 335 g/mol. The van der Waals surface area contributed by atoms with Crippen LogP contribution in [0.4, 0.5) is 5.69 Å². The van der Waals surface area contributed by atoms with E-state index in [9.17, 15) is 0 Å². The molecule has 0 radical (unpaired) electrons. The van der Waals surface area contributed by atoms with Crippen LogP contribution in [-0.4, -0.2) is 42.7 Å². The number of nitrogens with zero attached hydrogens (tertiary/aromatic N) is 1. The lowest BCUT2D eigenvalue weighted by molar-refractivity contribution is -0.907. The monoisotopic (exact) mass is 334 g/mol. The van der Waals surface area contributed by atoms with Gasteiger partial charge in [-0.05, 0) is 36.7 Å². The molecule has 0 amide bonds. The Labute approximate surface area is 147 Å². The second kappa shape index (κ2) is 9.24. The molecular weight excluding hydrogens is 302 g/mol. The standard InChI is InChI=1S/C19H31N3S/c1-4-6-13-21(3)17-11-14-22(15-12-17)19(23)20-18-10-8-7-9-16(18)5-2/h7-10,17H,4-6,11-15H2,1-3H3,(H,20,23)/p+1. The van der Waals surface area contributed by atoms with Gasteiger partial charge in [-0.3, -0.25) is 0 Å². The van der Waals surface area contributed by atoms with Gasteiger partial charge in [-0.2, -0.15) is 0 Å². The molecule has 1 fully saturated rings. The van der Waals surface area contributed by atoms with E-state index in [1.54, 1.807) is 4.90 Å². The Bertz CT molecular complexity index is 495. The van der Waals surface area contributed by atoms with Gasteiger partial charge >= 0.3 is 0 Å². The number of anilines is 1. The number of likely N-dealkylation sites (tertiary alicyclic amines) is 1. The van der Waals surface area contributed by atoms with E-state index in [4.69, 9.17) is 12.2 Å². The smallest absolute Gasteiger partial charge is 0.173 e. The lowest BCUT2D eigenvalue weighted by Crippen LogP contribution is -3.13. The van der Waals surface area contributed by atoms with Crippen molar-refractivity contribution in [3.8, 4) is 0 Å². The third-order valence-corrected chi connectivity index (χ3v) is 5.40. The van der Waals surface area contributed by atoms with E-state index in [2.05, 4.69) is 55.4 Å². The average Bonchev–Trinajstić information content (AvgIpc) is 2.60. The maximum Gasteiger partial charge on any atom is 0.173 e. The summed E-state index contributed by atoms with van der Waals surface area (Å²) in [6.07, 6.45) is 6.14. The van der Waals surface area contributed by atoms with Gasteiger partial charge in [0.2, 0.25) is 0 Å². The first-order valence-electron chi connectivity index (χ1n) is 9.11. The quantitative estimate of drug-likeness (QED) is 0.781. The SMILES string of the molecule is CCCC[NH+](C)C1CCN(C(=S)Nc2ccccc2CC)CC1. The van der Waals surface area contributed by atoms with Gasteiger partial charge in [0.1, 0.15) is 0 Å². The summed E-state index contributed by atoms with van der Waals surface area (Å²) in [6, 6.07) is 9.25. The Morgan fingerprint density at radius 3 is 2.61 bits per heavy atom. The van der Waals surface area contributed by atoms with Crippen LogP contribution in [0.3, 0.4) is 0 Å². The van der Waals surface area contributed by atoms with Crippen molar-refractivity contribution < 1.29 is 4.90 Å². The molecule has 1 heterocycles. The van der Waals surface area contributed by atoms with E-state index in [1.165, 1.54) is 37.8 Å². The zero-order chi connectivity index (χ0) is 16.7. The minimum Gasteiger partial charge on any atom is -0.349 e. The molecule has 1 atom stereocenters. The van der Waals surface area contributed by atoms with Crippen molar-refractivity contribution in [1.82, 2.24) is 4.90 Å². The summed E-state index contributed by atoms with van der Waals surface area (Å²) < 4.78 is 0. The van der Waals surface area contributed by atoms with Crippen molar-refractivity contribution in [2.45, 2.75) is 52.0 Å². The Balaban J connectivity index is 1.84. The highest BCUT2D eigenvalue weighted by Crippen LogP contribution is 2.17. The summed E-state index contributed by atoms with van der Waals surface area (Å²) >= 11 is 5.65. The van der Waals surface area contributed by atoms with Crippen LogP contribution in [0.2, 0.25) is 0 Å². The van der Waals surface area contributed by atoms with Crippen molar-refractivity contribution in [3.05, 3.63) is 29.8 Å². The molecule has 2 N–H and O–H groups in total. The van der Waals surface area contributed by atoms with Gasteiger partial charge in [-0.1, -0.05) is 38.5 Å². The highest BCUT2D eigenvalue weighted by atomic mass is 32.1. The van der Waals surface area contributed by atoms with Crippen LogP contribution in [0.1, 0.15) is 45.1 Å². The summed E-state index contributed by atoms with van der Waals surface area (Å²) in [7, 11) is 2.35. The van der Waals surface area contributed by atoms with Crippen LogP contribution in [0.15, 0.2) is 24.3 Å². The number of hydrogen-bond donors (Lipinski definition) is 2. The van der Waals surface area contributed by atoms with E-state index < -0.39 is 0 Å². The third-order valence-electron chi connectivity index (χ3n) is 5.04. The number of thiocarbonyl (C=S) groups is 1. The molecule has 0 spiro atoms. The summed E-state index contributed by atoms with van der Waals surface area (Å²) in [6.45, 7) is 7.91. The highest BCUT2D eigenvalue weighted by Gasteiger charge is 2.26. The largest absolute Gasteiger partial charge is 0.349 e. The molecule has 23 heavy (non-hydrogen) atoms. The van der Waals surface area contributed by atoms with Crippen molar-refractivity contribution >= 4 is 23.0 Å². The minimum atomic E-state index is 0.795. The molecule has 0 bridgehead atoms. The van der Waals surface area contributed by atoms with Crippen molar-refractivity contribution in [2.24, 2.45) is 0 Å². The van der Waals surface area contributed by atoms with Gasteiger partial charge in [0.15, 0.2) is 5.11 Å². The Hall–Kier alpha value is -1.13. The predicted molar refractivity (Wildman–Crippen MR) is 103 cm³/mol. The van der Waals surface area contributed by atoms with Gasteiger partial charge < -0.3 is 15.1 Å².